The maximum absolute atomic E-state index is 12.5. The van der Waals surface area contributed by atoms with Crippen molar-refractivity contribution in [1.82, 2.24) is 16.0 Å². The Kier molecular flexibility index (Phi) is 10.1. The molecule has 3 atom stereocenters. The molecule has 0 bridgehead atoms. The molecule has 0 aliphatic rings. The highest BCUT2D eigenvalue weighted by Gasteiger charge is 2.28. The van der Waals surface area contributed by atoms with Crippen molar-refractivity contribution in [2.24, 2.45) is 5.92 Å². The van der Waals surface area contributed by atoms with Gasteiger partial charge in [-0.1, -0.05) is 44.2 Å². The summed E-state index contributed by atoms with van der Waals surface area (Å²) < 4.78 is 5.12. The lowest BCUT2D eigenvalue weighted by Crippen LogP contribution is -2.55. The zero-order chi connectivity index (χ0) is 21.8. The molecule has 3 N–H and O–H groups in total. The van der Waals surface area contributed by atoms with E-state index in [-0.39, 0.29) is 18.9 Å². The van der Waals surface area contributed by atoms with E-state index in [1.54, 1.807) is 26.0 Å². The molecule has 0 aliphatic heterocycles. The summed E-state index contributed by atoms with van der Waals surface area (Å²) >= 11 is 0. The van der Waals surface area contributed by atoms with Crippen LogP contribution in [0.5, 0.6) is 0 Å². The van der Waals surface area contributed by atoms with Gasteiger partial charge in [0.2, 0.25) is 11.8 Å². The fourth-order valence-corrected chi connectivity index (χ4v) is 2.36. The fourth-order valence-electron chi connectivity index (χ4n) is 2.36. The molecule has 0 fully saturated rings. The first kappa shape index (κ1) is 23.8. The third-order valence-electron chi connectivity index (χ3n) is 4.03. The van der Waals surface area contributed by atoms with Gasteiger partial charge >= 0.3 is 6.09 Å². The Bertz CT molecular complexity index is 707. The van der Waals surface area contributed by atoms with Crippen LogP contribution in [-0.4, -0.2) is 48.6 Å². The maximum atomic E-state index is 12.5. The van der Waals surface area contributed by atoms with Crippen LogP contribution >= 0.6 is 0 Å². The minimum absolute atomic E-state index is 0.0573. The second kappa shape index (κ2) is 12.3. The standard InChI is InChI=1S/C20H27N3O6/c1-13(2)17(23-20(28)29-12-15-7-5-4-6-8-15)19(27)21-14(3)18(26)22-16(11-25)9-10-24/h4-8,10-11,13-14,16-17H,9,12H2,1-3H3,(H,21,27)(H,22,26)(H,23,28). The molecular formula is C20H27N3O6. The van der Waals surface area contributed by atoms with Gasteiger partial charge in [0.05, 0.1) is 6.04 Å². The van der Waals surface area contributed by atoms with Crippen LogP contribution in [0.3, 0.4) is 0 Å². The van der Waals surface area contributed by atoms with Gasteiger partial charge in [0.15, 0.2) is 0 Å². The van der Waals surface area contributed by atoms with Crippen LogP contribution in [0.15, 0.2) is 30.3 Å². The number of rotatable bonds is 11. The van der Waals surface area contributed by atoms with E-state index in [0.29, 0.717) is 12.6 Å². The van der Waals surface area contributed by atoms with Gasteiger partial charge < -0.3 is 30.3 Å². The first-order valence-electron chi connectivity index (χ1n) is 9.25. The Morgan fingerprint density at radius 3 is 2.17 bits per heavy atom. The fraction of sp³-hybridized carbons (Fsp3) is 0.450. The van der Waals surface area contributed by atoms with Crippen LogP contribution in [0.1, 0.15) is 32.8 Å². The molecule has 1 rings (SSSR count). The smallest absolute Gasteiger partial charge is 0.408 e. The zero-order valence-electron chi connectivity index (χ0n) is 16.7. The number of aldehydes is 2. The molecule has 3 amide bonds. The normalized spacial score (nSPS) is 13.5. The molecule has 0 radical (unpaired) electrons. The van der Waals surface area contributed by atoms with Gasteiger partial charge in [-0.15, -0.1) is 0 Å². The Morgan fingerprint density at radius 2 is 1.62 bits per heavy atom. The monoisotopic (exact) mass is 405 g/mol. The molecule has 158 valence electrons. The molecule has 0 aliphatic carbocycles. The molecule has 29 heavy (non-hydrogen) atoms. The molecule has 1 aromatic rings. The lowest BCUT2D eigenvalue weighted by molar-refractivity contribution is -0.131. The van der Waals surface area contributed by atoms with Crippen molar-refractivity contribution in [1.29, 1.82) is 0 Å². The average Bonchev–Trinajstić information content (AvgIpc) is 2.70. The predicted octanol–water partition coefficient (Wildman–Crippen LogP) is 0.715. The molecule has 3 unspecified atom stereocenters. The first-order valence-corrected chi connectivity index (χ1v) is 9.25. The SMILES string of the molecule is CC(NC(=O)C(NC(=O)OCc1ccccc1)C(C)C)C(=O)NC(C=O)CC=O. The highest BCUT2D eigenvalue weighted by atomic mass is 16.5. The van der Waals surface area contributed by atoms with Crippen LogP contribution in [0.25, 0.3) is 0 Å². The second-order valence-corrected chi connectivity index (χ2v) is 6.81. The number of alkyl carbamates (subject to hydrolysis) is 1. The first-order chi connectivity index (χ1) is 13.8. The van der Waals surface area contributed by atoms with Gasteiger partial charge in [0, 0.05) is 6.42 Å². The number of benzene rings is 1. The van der Waals surface area contributed by atoms with Gasteiger partial charge in [-0.2, -0.15) is 0 Å². The van der Waals surface area contributed by atoms with Crippen LogP contribution in [0, 0.1) is 5.92 Å². The molecule has 1 aromatic carbocycles. The van der Waals surface area contributed by atoms with Crippen molar-refractivity contribution in [3.63, 3.8) is 0 Å². The topological polar surface area (TPSA) is 131 Å². The van der Waals surface area contributed by atoms with E-state index >= 15 is 0 Å². The van der Waals surface area contributed by atoms with Crippen molar-refractivity contribution in [3.8, 4) is 0 Å². The molecular weight excluding hydrogens is 378 g/mol. The summed E-state index contributed by atoms with van der Waals surface area (Å²) in [7, 11) is 0. The van der Waals surface area contributed by atoms with Crippen LogP contribution in [-0.2, 0) is 30.5 Å². The number of nitrogens with one attached hydrogen (secondary N) is 3. The van der Waals surface area contributed by atoms with E-state index in [1.807, 2.05) is 18.2 Å². The van der Waals surface area contributed by atoms with Gasteiger partial charge in [-0.05, 0) is 18.4 Å². The summed E-state index contributed by atoms with van der Waals surface area (Å²) in [4.78, 5) is 58.0. The van der Waals surface area contributed by atoms with E-state index < -0.39 is 36.0 Å². The minimum atomic E-state index is -0.972. The number of hydrogen-bond donors (Lipinski definition) is 3. The summed E-state index contributed by atoms with van der Waals surface area (Å²) in [5.74, 6) is -1.46. The summed E-state index contributed by atoms with van der Waals surface area (Å²) in [6.45, 7) is 4.96. The number of carbonyl (C=O) groups is 5. The largest absolute Gasteiger partial charge is 0.445 e. The lowest BCUT2D eigenvalue weighted by atomic mass is 10.0. The summed E-state index contributed by atoms with van der Waals surface area (Å²) in [6.07, 6.45) is 0.0517. The summed E-state index contributed by atoms with van der Waals surface area (Å²) in [5.41, 5.74) is 0.804. The van der Waals surface area contributed by atoms with Crippen LogP contribution < -0.4 is 16.0 Å². The van der Waals surface area contributed by atoms with Gasteiger partial charge in [-0.25, -0.2) is 4.79 Å². The van der Waals surface area contributed by atoms with E-state index in [4.69, 9.17) is 4.74 Å². The van der Waals surface area contributed by atoms with Crippen molar-refractivity contribution >= 4 is 30.5 Å². The van der Waals surface area contributed by atoms with E-state index in [2.05, 4.69) is 16.0 Å². The molecule has 9 nitrogen and oxygen atoms in total. The zero-order valence-corrected chi connectivity index (χ0v) is 16.7. The van der Waals surface area contributed by atoms with E-state index in [0.717, 1.165) is 5.56 Å². The van der Waals surface area contributed by atoms with Crippen molar-refractivity contribution in [2.45, 2.75) is 51.9 Å². The van der Waals surface area contributed by atoms with Crippen molar-refractivity contribution in [3.05, 3.63) is 35.9 Å². The van der Waals surface area contributed by atoms with Crippen LogP contribution in [0.4, 0.5) is 4.79 Å². The Morgan fingerprint density at radius 1 is 0.966 bits per heavy atom. The quantitative estimate of drug-likeness (QED) is 0.465. The lowest BCUT2D eigenvalue weighted by Gasteiger charge is -2.24. The van der Waals surface area contributed by atoms with Crippen molar-refractivity contribution < 1.29 is 28.7 Å². The third-order valence-corrected chi connectivity index (χ3v) is 4.03. The number of carbonyl (C=O) groups excluding carboxylic acids is 5. The van der Waals surface area contributed by atoms with Crippen LogP contribution in [0.2, 0.25) is 0 Å². The second-order valence-electron chi connectivity index (χ2n) is 6.81. The van der Waals surface area contributed by atoms with E-state index in [9.17, 15) is 24.0 Å². The molecule has 0 spiro atoms. The number of amides is 3. The number of ether oxygens (including phenoxy) is 1. The maximum Gasteiger partial charge on any atom is 0.408 e. The molecule has 9 heteroatoms. The molecule has 0 aromatic heterocycles. The van der Waals surface area contributed by atoms with Gasteiger partial charge in [0.1, 0.15) is 31.3 Å². The predicted molar refractivity (Wildman–Crippen MR) is 105 cm³/mol. The summed E-state index contributed by atoms with van der Waals surface area (Å²) in [6, 6.07) is 6.23. The van der Waals surface area contributed by atoms with E-state index in [1.165, 1.54) is 6.92 Å². The Balaban J connectivity index is 2.59. The Labute approximate surface area is 169 Å². The van der Waals surface area contributed by atoms with Gasteiger partial charge in [0.25, 0.3) is 0 Å². The highest BCUT2D eigenvalue weighted by molar-refractivity contribution is 5.92. The molecule has 0 heterocycles. The highest BCUT2D eigenvalue weighted by Crippen LogP contribution is 2.05. The molecule has 0 saturated heterocycles. The third kappa shape index (κ3) is 8.54. The Hall–Kier alpha value is -3.23. The molecule has 0 saturated carbocycles. The van der Waals surface area contributed by atoms with Gasteiger partial charge in [-0.3, -0.25) is 9.59 Å². The average molecular weight is 405 g/mol. The van der Waals surface area contributed by atoms with Crippen molar-refractivity contribution in [2.75, 3.05) is 0 Å². The number of hydrogen-bond acceptors (Lipinski definition) is 6. The minimum Gasteiger partial charge on any atom is -0.445 e. The summed E-state index contributed by atoms with van der Waals surface area (Å²) in [5, 5.41) is 7.34.